The third-order valence-electron chi connectivity index (χ3n) is 5.45. The number of thiazole rings is 1. The fourth-order valence-corrected chi connectivity index (χ4v) is 5.16. The molecule has 4 aromatic rings. The lowest BCUT2D eigenvalue weighted by molar-refractivity contribution is 0.205. The Balaban J connectivity index is 1.60. The summed E-state index contributed by atoms with van der Waals surface area (Å²) in [5, 5.41) is 15.5. The minimum atomic E-state index is -0.0202. The molecule has 0 spiro atoms. The Morgan fingerprint density at radius 3 is 2.57 bits per heavy atom. The highest BCUT2D eigenvalue weighted by Gasteiger charge is 2.31. The summed E-state index contributed by atoms with van der Waals surface area (Å²) in [7, 11) is 0. The van der Waals surface area contributed by atoms with Crippen molar-refractivity contribution < 1.29 is 5.11 Å². The van der Waals surface area contributed by atoms with Crippen LogP contribution in [0.3, 0.4) is 0 Å². The maximum atomic E-state index is 11.0. The Kier molecular flexibility index (Phi) is 4.37. The van der Waals surface area contributed by atoms with E-state index in [0.717, 1.165) is 41.6 Å². The van der Waals surface area contributed by atoms with Gasteiger partial charge in [-0.2, -0.15) is 4.52 Å². The molecule has 0 bridgehead atoms. The van der Waals surface area contributed by atoms with Crippen molar-refractivity contribution >= 4 is 16.3 Å². The van der Waals surface area contributed by atoms with Gasteiger partial charge in [0.15, 0.2) is 5.82 Å². The molecule has 28 heavy (non-hydrogen) atoms. The Bertz CT molecular complexity index is 1120. The van der Waals surface area contributed by atoms with Gasteiger partial charge in [-0.1, -0.05) is 72.9 Å². The van der Waals surface area contributed by atoms with Gasteiger partial charge in [0.25, 0.3) is 0 Å². The number of aryl methyl sites for hydroxylation is 1. The van der Waals surface area contributed by atoms with Crippen molar-refractivity contribution in [3.05, 3.63) is 82.0 Å². The second kappa shape index (κ2) is 7.04. The van der Waals surface area contributed by atoms with Crippen molar-refractivity contribution in [1.29, 1.82) is 0 Å². The van der Waals surface area contributed by atoms with Crippen LogP contribution >= 0.6 is 11.3 Å². The predicted octanol–water partition coefficient (Wildman–Crippen LogP) is 4.21. The first-order valence-corrected chi connectivity index (χ1v) is 10.5. The van der Waals surface area contributed by atoms with Gasteiger partial charge < -0.3 is 5.11 Å². The van der Waals surface area contributed by atoms with Gasteiger partial charge in [0.1, 0.15) is 0 Å². The van der Waals surface area contributed by atoms with Crippen molar-refractivity contribution in [3.63, 3.8) is 0 Å². The molecule has 0 radical (unpaired) electrons. The summed E-state index contributed by atoms with van der Waals surface area (Å²) in [4.78, 5) is 8.67. The molecule has 0 fully saturated rings. The van der Waals surface area contributed by atoms with Crippen LogP contribution in [0.1, 0.15) is 40.4 Å². The molecule has 0 amide bonds. The Morgan fingerprint density at radius 1 is 1.07 bits per heavy atom. The lowest BCUT2D eigenvalue weighted by Gasteiger charge is -2.35. The largest absolute Gasteiger partial charge is 0.492 e. The van der Waals surface area contributed by atoms with E-state index in [2.05, 4.69) is 63.5 Å². The molecule has 1 aliphatic rings. The highest BCUT2D eigenvalue weighted by atomic mass is 32.1. The first kappa shape index (κ1) is 17.4. The van der Waals surface area contributed by atoms with Crippen LogP contribution in [0.5, 0.6) is 5.88 Å². The number of hydrogen-bond acceptors (Lipinski definition) is 5. The summed E-state index contributed by atoms with van der Waals surface area (Å²) in [6.45, 7) is 3.84. The normalized spacial score (nSPS) is 15.6. The Labute approximate surface area is 167 Å². The molecule has 1 N–H and O–H groups in total. The average Bonchev–Trinajstić information content (AvgIpc) is 3.28. The average molecular weight is 391 g/mol. The van der Waals surface area contributed by atoms with E-state index in [4.69, 9.17) is 0 Å². The lowest BCUT2D eigenvalue weighted by atomic mass is 9.96. The quantitative estimate of drug-likeness (QED) is 0.567. The van der Waals surface area contributed by atoms with E-state index in [1.165, 1.54) is 28.0 Å². The summed E-state index contributed by atoms with van der Waals surface area (Å²) >= 11 is 1.54. The van der Waals surface area contributed by atoms with Gasteiger partial charge in [-0.15, -0.1) is 5.10 Å². The van der Waals surface area contributed by atoms with E-state index in [9.17, 15) is 5.11 Å². The zero-order valence-electron chi connectivity index (χ0n) is 15.7. The van der Waals surface area contributed by atoms with Gasteiger partial charge in [0, 0.05) is 19.5 Å². The third kappa shape index (κ3) is 2.89. The van der Waals surface area contributed by atoms with E-state index >= 15 is 0 Å². The topological polar surface area (TPSA) is 53.7 Å². The second-order valence-corrected chi connectivity index (χ2v) is 8.18. The van der Waals surface area contributed by atoms with Gasteiger partial charge in [-0.05, 0) is 23.1 Å². The van der Waals surface area contributed by atoms with Crippen molar-refractivity contribution in [2.24, 2.45) is 0 Å². The summed E-state index contributed by atoms with van der Waals surface area (Å²) in [6.07, 6.45) is 1.77. The molecule has 0 saturated carbocycles. The van der Waals surface area contributed by atoms with Crippen LogP contribution in [-0.4, -0.2) is 31.1 Å². The monoisotopic (exact) mass is 390 g/mol. The van der Waals surface area contributed by atoms with Gasteiger partial charge in [0.2, 0.25) is 10.8 Å². The number of rotatable bonds is 4. The van der Waals surface area contributed by atoms with E-state index in [0.29, 0.717) is 0 Å². The minimum absolute atomic E-state index is 0.0202. The van der Waals surface area contributed by atoms with Crippen LogP contribution in [0.4, 0.5) is 0 Å². The number of fused-ring (bicyclic) bond motifs is 2. The molecular weight excluding hydrogens is 368 g/mol. The molecule has 5 rings (SSSR count). The number of nitrogens with zero attached hydrogens (tertiary/aromatic N) is 4. The first-order valence-electron chi connectivity index (χ1n) is 9.67. The third-order valence-corrected chi connectivity index (χ3v) is 6.52. The molecule has 3 heterocycles. The van der Waals surface area contributed by atoms with E-state index in [1.54, 1.807) is 4.52 Å². The molecule has 0 aliphatic carbocycles. The van der Waals surface area contributed by atoms with Crippen molar-refractivity contribution in [2.45, 2.75) is 32.4 Å². The predicted molar refractivity (Wildman–Crippen MR) is 111 cm³/mol. The fourth-order valence-electron chi connectivity index (χ4n) is 4.02. The molecule has 6 heteroatoms. The second-order valence-electron chi connectivity index (χ2n) is 7.17. The molecule has 5 nitrogen and oxygen atoms in total. The van der Waals surface area contributed by atoms with Crippen LogP contribution < -0.4 is 0 Å². The number of aromatic nitrogens is 3. The molecule has 0 unspecified atom stereocenters. The lowest BCUT2D eigenvalue weighted by Crippen LogP contribution is -2.34. The van der Waals surface area contributed by atoms with Crippen LogP contribution in [0.15, 0.2) is 54.6 Å². The smallest absolute Gasteiger partial charge is 0.230 e. The minimum Gasteiger partial charge on any atom is -0.492 e. The van der Waals surface area contributed by atoms with E-state index in [-0.39, 0.29) is 11.9 Å². The molecule has 2 aromatic heterocycles. The van der Waals surface area contributed by atoms with Gasteiger partial charge >= 0.3 is 0 Å². The molecular formula is C22H22N4OS. The zero-order chi connectivity index (χ0) is 19.1. The van der Waals surface area contributed by atoms with Gasteiger partial charge in [-0.3, -0.25) is 4.90 Å². The highest BCUT2D eigenvalue weighted by molar-refractivity contribution is 7.17. The van der Waals surface area contributed by atoms with Crippen LogP contribution in [0, 0.1) is 0 Å². The van der Waals surface area contributed by atoms with Crippen LogP contribution in [-0.2, 0) is 19.4 Å². The molecule has 0 saturated heterocycles. The van der Waals surface area contributed by atoms with Crippen molar-refractivity contribution in [1.82, 2.24) is 19.5 Å². The SMILES string of the molecule is CCc1nc2sc([C@H](c3ccccc3)N3CCc4ccccc4C3)c(O)n2n1. The molecule has 1 aliphatic heterocycles. The van der Waals surface area contributed by atoms with Gasteiger partial charge in [-0.25, -0.2) is 4.98 Å². The first-order chi connectivity index (χ1) is 13.7. The maximum absolute atomic E-state index is 11.0. The summed E-state index contributed by atoms with van der Waals surface area (Å²) in [5.74, 6) is 0.969. The number of hydrogen-bond donors (Lipinski definition) is 1. The standard InChI is InChI=1S/C22H22N4OS/c1-2-18-23-22-26(24-18)21(27)20(28-22)19(16-9-4-3-5-10-16)25-13-12-15-8-6-7-11-17(15)14-25/h3-11,19,27H,2,12-14H2,1H3/t19-/m0/s1. The molecule has 1 atom stereocenters. The zero-order valence-corrected chi connectivity index (χ0v) is 16.6. The van der Waals surface area contributed by atoms with Gasteiger partial charge in [0.05, 0.1) is 10.9 Å². The van der Waals surface area contributed by atoms with Crippen molar-refractivity contribution in [3.8, 4) is 5.88 Å². The Morgan fingerprint density at radius 2 is 1.82 bits per heavy atom. The summed E-state index contributed by atoms with van der Waals surface area (Å²) in [5.41, 5.74) is 3.96. The fraction of sp³-hybridized carbons (Fsp3) is 0.273. The van der Waals surface area contributed by atoms with Crippen LogP contribution in [0.2, 0.25) is 0 Å². The molecule has 142 valence electrons. The van der Waals surface area contributed by atoms with E-state index < -0.39 is 0 Å². The highest BCUT2D eigenvalue weighted by Crippen LogP contribution is 2.41. The maximum Gasteiger partial charge on any atom is 0.230 e. The number of aromatic hydroxyl groups is 1. The summed E-state index contributed by atoms with van der Waals surface area (Å²) in [6, 6.07) is 19.0. The Hall–Kier alpha value is -2.70. The van der Waals surface area contributed by atoms with E-state index in [1.807, 2.05) is 13.0 Å². The van der Waals surface area contributed by atoms with Crippen LogP contribution in [0.25, 0.3) is 4.96 Å². The molecule has 2 aromatic carbocycles. The van der Waals surface area contributed by atoms with Crippen molar-refractivity contribution in [2.75, 3.05) is 6.54 Å². The summed E-state index contributed by atoms with van der Waals surface area (Å²) < 4.78 is 1.59. The number of benzene rings is 2.